The van der Waals surface area contributed by atoms with E-state index < -0.39 is 0 Å². The summed E-state index contributed by atoms with van der Waals surface area (Å²) in [5.41, 5.74) is 2.10. The van der Waals surface area contributed by atoms with Crippen molar-refractivity contribution in [2.75, 3.05) is 6.54 Å². The second-order valence-electron chi connectivity index (χ2n) is 10.6. The van der Waals surface area contributed by atoms with Crippen LogP contribution in [0.3, 0.4) is 0 Å². The lowest BCUT2D eigenvalue weighted by molar-refractivity contribution is -0.153. The molecule has 2 amide bonds. The normalized spacial score (nSPS) is 30.3. The van der Waals surface area contributed by atoms with Gasteiger partial charge in [-0.15, -0.1) is 0 Å². The molecule has 2 N–H and O–H groups in total. The van der Waals surface area contributed by atoms with Gasteiger partial charge in [0.15, 0.2) is 0 Å². The molecular weight excluding hydrogens is 396 g/mol. The SMILES string of the molecule is CC(=O)NC12C[C@H]3C[C@@H](C1)CC(C(=O)NCCC(c1ccccc1)c1ccccc1)(C3)C2. The minimum atomic E-state index is -0.304. The maximum atomic E-state index is 13.6. The van der Waals surface area contributed by atoms with Crippen LogP contribution in [-0.4, -0.2) is 23.9 Å². The lowest BCUT2D eigenvalue weighted by Crippen LogP contribution is -2.65. The summed E-state index contributed by atoms with van der Waals surface area (Å²) < 4.78 is 0. The molecule has 4 bridgehead atoms. The topological polar surface area (TPSA) is 58.2 Å². The molecule has 4 heteroatoms. The Labute approximate surface area is 191 Å². The number of benzene rings is 2. The fraction of sp³-hybridized carbons (Fsp3) is 0.500. The maximum Gasteiger partial charge on any atom is 0.226 e. The van der Waals surface area contributed by atoms with E-state index in [4.69, 9.17) is 0 Å². The van der Waals surface area contributed by atoms with E-state index in [9.17, 15) is 9.59 Å². The second-order valence-corrected chi connectivity index (χ2v) is 10.6. The molecule has 2 unspecified atom stereocenters. The van der Waals surface area contributed by atoms with Crippen molar-refractivity contribution in [3.05, 3.63) is 71.8 Å². The average Bonchev–Trinajstić information content (AvgIpc) is 2.76. The number of carbonyl (C=O) groups is 2. The van der Waals surface area contributed by atoms with E-state index in [1.807, 2.05) is 12.1 Å². The number of amides is 2. The van der Waals surface area contributed by atoms with Gasteiger partial charge in [-0.1, -0.05) is 60.7 Å². The summed E-state index contributed by atoms with van der Waals surface area (Å²) in [4.78, 5) is 25.5. The van der Waals surface area contributed by atoms with Gasteiger partial charge < -0.3 is 10.6 Å². The van der Waals surface area contributed by atoms with Crippen LogP contribution in [0.15, 0.2) is 60.7 Å². The van der Waals surface area contributed by atoms with Crippen molar-refractivity contribution in [3.8, 4) is 0 Å². The van der Waals surface area contributed by atoms with Crippen molar-refractivity contribution in [2.45, 2.75) is 63.3 Å². The van der Waals surface area contributed by atoms with Crippen LogP contribution in [0.4, 0.5) is 0 Å². The van der Waals surface area contributed by atoms with Gasteiger partial charge in [0.2, 0.25) is 11.8 Å². The van der Waals surface area contributed by atoms with Crippen molar-refractivity contribution in [2.24, 2.45) is 17.3 Å². The molecule has 4 aliphatic carbocycles. The first-order valence-corrected chi connectivity index (χ1v) is 12.1. The summed E-state index contributed by atoms with van der Waals surface area (Å²) in [6, 6.07) is 21.1. The standard InChI is InChI=1S/C28H34N2O2/c1-20(31)30-28-17-21-14-22(18-28)16-27(15-21,19-28)26(32)29-13-12-25(23-8-4-2-5-9-23)24-10-6-3-7-11-24/h2-11,21-22,25H,12-19H2,1H3,(H,29,32)(H,30,31)/t21-,22+,27?,28?. The lowest BCUT2D eigenvalue weighted by Gasteiger charge is -2.61. The van der Waals surface area contributed by atoms with Crippen LogP contribution in [0.25, 0.3) is 0 Å². The Kier molecular flexibility index (Phi) is 5.56. The van der Waals surface area contributed by atoms with Crippen LogP contribution in [0.5, 0.6) is 0 Å². The first-order chi connectivity index (χ1) is 15.5. The molecule has 4 aliphatic rings. The Bertz CT molecular complexity index is 918. The second kappa shape index (κ2) is 8.38. The average molecular weight is 431 g/mol. The van der Waals surface area contributed by atoms with E-state index in [0.29, 0.717) is 18.4 Å². The predicted octanol–water partition coefficient (Wildman–Crippen LogP) is 4.80. The first-order valence-electron chi connectivity index (χ1n) is 12.1. The molecule has 0 aliphatic heterocycles. The Hall–Kier alpha value is -2.62. The minimum Gasteiger partial charge on any atom is -0.356 e. The van der Waals surface area contributed by atoms with Crippen LogP contribution in [0.2, 0.25) is 0 Å². The van der Waals surface area contributed by atoms with Crippen molar-refractivity contribution in [3.63, 3.8) is 0 Å². The molecule has 0 aromatic heterocycles. The molecule has 32 heavy (non-hydrogen) atoms. The van der Waals surface area contributed by atoms with E-state index in [1.54, 1.807) is 6.92 Å². The number of carbonyl (C=O) groups excluding carboxylic acids is 2. The monoisotopic (exact) mass is 430 g/mol. The molecule has 168 valence electrons. The molecule has 2 aromatic rings. The van der Waals surface area contributed by atoms with Gasteiger partial charge in [-0.05, 0) is 67.9 Å². The van der Waals surface area contributed by atoms with E-state index in [0.717, 1.165) is 38.5 Å². The Morgan fingerprint density at radius 3 is 2.00 bits per heavy atom. The molecule has 0 spiro atoms. The van der Waals surface area contributed by atoms with Crippen molar-refractivity contribution in [1.29, 1.82) is 0 Å². The highest BCUT2D eigenvalue weighted by atomic mass is 16.2. The zero-order valence-corrected chi connectivity index (χ0v) is 19.0. The molecule has 6 rings (SSSR count). The molecule has 4 atom stereocenters. The molecule has 4 saturated carbocycles. The van der Waals surface area contributed by atoms with Gasteiger partial charge >= 0.3 is 0 Å². The van der Waals surface area contributed by atoms with Crippen LogP contribution >= 0.6 is 0 Å². The fourth-order valence-electron chi connectivity index (χ4n) is 7.46. The lowest BCUT2D eigenvalue weighted by atomic mass is 9.46. The van der Waals surface area contributed by atoms with Gasteiger partial charge in [0, 0.05) is 24.9 Å². The first kappa shape index (κ1) is 21.2. The summed E-state index contributed by atoms with van der Waals surface area (Å²) in [5, 5.41) is 6.59. The molecule has 4 nitrogen and oxygen atoms in total. The van der Waals surface area contributed by atoms with Crippen LogP contribution < -0.4 is 10.6 Å². The summed E-state index contributed by atoms with van der Waals surface area (Å²) in [6.07, 6.45) is 6.96. The molecule has 0 heterocycles. The van der Waals surface area contributed by atoms with Gasteiger partial charge in [-0.25, -0.2) is 0 Å². The summed E-state index contributed by atoms with van der Waals surface area (Å²) in [5.74, 6) is 1.64. The fourth-order valence-corrected chi connectivity index (χ4v) is 7.46. The highest BCUT2D eigenvalue weighted by Crippen LogP contribution is 2.61. The molecule has 0 radical (unpaired) electrons. The highest BCUT2D eigenvalue weighted by Gasteiger charge is 2.60. The van der Waals surface area contributed by atoms with Gasteiger partial charge in [0.05, 0.1) is 5.41 Å². The summed E-state index contributed by atoms with van der Waals surface area (Å²) in [6.45, 7) is 2.27. The number of nitrogens with one attached hydrogen (secondary N) is 2. The summed E-state index contributed by atoms with van der Waals surface area (Å²) >= 11 is 0. The maximum absolute atomic E-state index is 13.6. The zero-order chi connectivity index (χ0) is 22.2. The van der Waals surface area contributed by atoms with Crippen LogP contribution in [0.1, 0.15) is 68.9 Å². The third-order valence-corrected chi connectivity index (χ3v) is 8.11. The molecule has 0 saturated heterocycles. The Balaban J connectivity index is 1.28. The third-order valence-electron chi connectivity index (χ3n) is 8.11. The number of rotatable bonds is 7. The van der Waals surface area contributed by atoms with Crippen LogP contribution in [0, 0.1) is 17.3 Å². The van der Waals surface area contributed by atoms with Crippen molar-refractivity contribution >= 4 is 11.8 Å². The Morgan fingerprint density at radius 1 is 0.906 bits per heavy atom. The van der Waals surface area contributed by atoms with Gasteiger partial charge in [0.1, 0.15) is 0 Å². The molecule has 4 fully saturated rings. The van der Waals surface area contributed by atoms with Crippen molar-refractivity contribution < 1.29 is 9.59 Å². The van der Waals surface area contributed by atoms with E-state index in [1.165, 1.54) is 17.5 Å². The highest BCUT2D eigenvalue weighted by molar-refractivity contribution is 5.84. The molecular formula is C28H34N2O2. The van der Waals surface area contributed by atoms with Gasteiger partial charge in [-0.3, -0.25) is 9.59 Å². The quantitative estimate of drug-likeness (QED) is 0.663. The van der Waals surface area contributed by atoms with E-state index >= 15 is 0 Å². The largest absolute Gasteiger partial charge is 0.356 e. The zero-order valence-electron chi connectivity index (χ0n) is 19.0. The van der Waals surface area contributed by atoms with E-state index in [-0.39, 0.29) is 28.7 Å². The van der Waals surface area contributed by atoms with Gasteiger partial charge in [0.25, 0.3) is 0 Å². The number of hydrogen-bond acceptors (Lipinski definition) is 2. The van der Waals surface area contributed by atoms with E-state index in [2.05, 4.69) is 59.2 Å². The molecule has 2 aromatic carbocycles. The van der Waals surface area contributed by atoms with Crippen molar-refractivity contribution in [1.82, 2.24) is 10.6 Å². The van der Waals surface area contributed by atoms with Crippen LogP contribution in [-0.2, 0) is 9.59 Å². The predicted molar refractivity (Wildman–Crippen MR) is 126 cm³/mol. The summed E-state index contributed by atoms with van der Waals surface area (Å²) in [7, 11) is 0. The Morgan fingerprint density at radius 2 is 1.47 bits per heavy atom. The third kappa shape index (κ3) is 4.07. The van der Waals surface area contributed by atoms with Gasteiger partial charge in [-0.2, -0.15) is 0 Å². The smallest absolute Gasteiger partial charge is 0.226 e. The number of hydrogen-bond donors (Lipinski definition) is 2. The minimum absolute atomic E-state index is 0.0380.